The number of thiophene rings is 1. The van der Waals surface area contributed by atoms with E-state index in [9.17, 15) is 0 Å². The Labute approximate surface area is 119 Å². The van der Waals surface area contributed by atoms with Crippen LogP contribution in [-0.2, 0) is 0 Å². The molecule has 0 fully saturated rings. The first-order valence-corrected chi connectivity index (χ1v) is 7.96. The molecule has 0 aliphatic heterocycles. The predicted molar refractivity (Wildman–Crippen MR) is 85.8 cm³/mol. The van der Waals surface area contributed by atoms with Crippen molar-refractivity contribution in [3.05, 3.63) is 56.8 Å². The lowest BCUT2D eigenvalue weighted by Gasteiger charge is -2.16. The van der Waals surface area contributed by atoms with Crippen molar-refractivity contribution in [3.8, 4) is 0 Å². The number of rotatable bonds is 3. The van der Waals surface area contributed by atoms with E-state index in [2.05, 4.69) is 56.5 Å². The molecule has 1 unspecified atom stereocenters. The van der Waals surface area contributed by atoms with Crippen LogP contribution in [0.5, 0.6) is 0 Å². The van der Waals surface area contributed by atoms with Gasteiger partial charge in [-0.2, -0.15) is 0 Å². The number of aryl methyl sites for hydroxylation is 1. The third kappa shape index (κ3) is 2.06. The zero-order valence-electron chi connectivity index (χ0n) is 11.9. The van der Waals surface area contributed by atoms with Crippen LogP contribution in [0.1, 0.15) is 52.8 Å². The first-order valence-electron chi connectivity index (χ1n) is 7.08. The fraction of sp³-hybridized carbons (Fsp3) is 0.333. The van der Waals surface area contributed by atoms with E-state index in [1.165, 1.54) is 40.0 Å². The lowest BCUT2D eigenvalue weighted by Crippen LogP contribution is -1.98. The third-order valence-corrected chi connectivity index (χ3v) is 5.43. The predicted octanol–water partition coefficient (Wildman–Crippen LogP) is 5.80. The van der Waals surface area contributed by atoms with Crippen molar-refractivity contribution < 1.29 is 0 Å². The van der Waals surface area contributed by atoms with Crippen molar-refractivity contribution in [2.75, 3.05) is 0 Å². The van der Waals surface area contributed by atoms with Gasteiger partial charge in [0.1, 0.15) is 0 Å². The van der Waals surface area contributed by atoms with Gasteiger partial charge in [-0.25, -0.2) is 0 Å². The summed E-state index contributed by atoms with van der Waals surface area (Å²) in [5.74, 6) is 0.595. The van der Waals surface area contributed by atoms with Crippen molar-refractivity contribution in [3.63, 3.8) is 0 Å². The summed E-state index contributed by atoms with van der Waals surface area (Å²) in [5, 5.41) is 2.29. The van der Waals surface area contributed by atoms with E-state index >= 15 is 0 Å². The molecule has 1 heteroatoms. The highest BCUT2D eigenvalue weighted by molar-refractivity contribution is 7.11. The van der Waals surface area contributed by atoms with E-state index in [1.807, 2.05) is 11.3 Å². The molecule has 19 heavy (non-hydrogen) atoms. The Bertz CT molecular complexity index is 631. The maximum absolute atomic E-state index is 2.41. The van der Waals surface area contributed by atoms with Crippen LogP contribution in [-0.4, -0.2) is 0 Å². The molecule has 0 N–H and O–H groups in total. The Hall–Kier alpha value is -1.34. The molecule has 0 radical (unpaired) electrons. The summed E-state index contributed by atoms with van der Waals surface area (Å²) in [6.07, 6.45) is 4.90. The molecule has 1 heterocycles. The molecule has 1 atom stereocenters. The normalized spacial score (nSPS) is 17.4. The third-order valence-electron chi connectivity index (χ3n) is 4.18. The van der Waals surface area contributed by atoms with E-state index in [0.29, 0.717) is 5.92 Å². The largest absolute Gasteiger partial charge is 0.144 e. The van der Waals surface area contributed by atoms with Crippen molar-refractivity contribution >= 4 is 23.0 Å². The molecular weight excluding hydrogens is 248 g/mol. The fourth-order valence-electron chi connectivity index (χ4n) is 3.01. The lowest BCUT2D eigenvalue weighted by atomic mass is 9.89. The van der Waals surface area contributed by atoms with Gasteiger partial charge in [0.15, 0.2) is 0 Å². The Balaban J connectivity index is 2.09. The van der Waals surface area contributed by atoms with Crippen molar-refractivity contribution in [2.45, 2.75) is 39.5 Å². The lowest BCUT2D eigenvalue weighted by molar-refractivity contribution is 0.738. The van der Waals surface area contributed by atoms with Crippen LogP contribution in [0.2, 0.25) is 0 Å². The van der Waals surface area contributed by atoms with Crippen LogP contribution in [0.4, 0.5) is 0 Å². The average molecular weight is 268 g/mol. The van der Waals surface area contributed by atoms with Crippen molar-refractivity contribution in [1.29, 1.82) is 0 Å². The van der Waals surface area contributed by atoms with Crippen LogP contribution in [0.25, 0.3) is 11.6 Å². The molecule has 0 spiro atoms. The quantitative estimate of drug-likeness (QED) is 0.659. The first kappa shape index (κ1) is 12.7. The van der Waals surface area contributed by atoms with E-state index < -0.39 is 0 Å². The highest BCUT2D eigenvalue weighted by Crippen LogP contribution is 2.47. The molecule has 1 aliphatic rings. The van der Waals surface area contributed by atoms with Gasteiger partial charge >= 0.3 is 0 Å². The van der Waals surface area contributed by atoms with Crippen LogP contribution in [0.3, 0.4) is 0 Å². The van der Waals surface area contributed by atoms with Crippen molar-refractivity contribution in [2.24, 2.45) is 0 Å². The summed E-state index contributed by atoms with van der Waals surface area (Å²) in [6.45, 7) is 6.76. The Morgan fingerprint density at radius 2 is 1.95 bits per heavy atom. The van der Waals surface area contributed by atoms with E-state index in [0.717, 1.165) is 0 Å². The van der Waals surface area contributed by atoms with Crippen LogP contribution in [0.15, 0.2) is 29.6 Å². The molecule has 0 amide bonds. The van der Waals surface area contributed by atoms with Crippen LogP contribution < -0.4 is 0 Å². The van der Waals surface area contributed by atoms with E-state index in [1.54, 1.807) is 5.57 Å². The molecule has 0 bridgehead atoms. The van der Waals surface area contributed by atoms with Gasteiger partial charge in [-0.1, -0.05) is 37.6 Å². The zero-order chi connectivity index (χ0) is 13.4. The van der Waals surface area contributed by atoms with Gasteiger partial charge in [0, 0.05) is 10.8 Å². The Morgan fingerprint density at radius 1 is 1.16 bits per heavy atom. The SMILES string of the molecule is CCCC1C(c2scc(C)c2C)=Cc2ccccc21. The maximum Gasteiger partial charge on any atom is 0.0340 e. The van der Waals surface area contributed by atoms with E-state index in [4.69, 9.17) is 0 Å². The summed E-state index contributed by atoms with van der Waals surface area (Å²) in [4.78, 5) is 1.49. The molecule has 0 saturated heterocycles. The van der Waals surface area contributed by atoms with Gasteiger partial charge in [-0.15, -0.1) is 11.3 Å². The van der Waals surface area contributed by atoms with Gasteiger partial charge in [0.25, 0.3) is 0 Å². The summed E-state index contributed by atoms with van der Waals surface area (Å²) >= 11 is 1.91. The van der Waals surface area contributed by atoms with Crippen molar-refractivity contribution in [1.82, 2.24) is 0 Å². The molecule has 0 saturated carbocycles. The topological polar surface area (TPSA) is 0 Å². The monoisotopic (exact) mass is 268 g/mol. The first-order chi connectivity index (χ1) is 9.22. The highest BCUT2D eigenvalue weighted by atomic mass is 32.1. The second-order valence-electron chi connectivity index (χ2n) is 5.44. The van der Waals surface area contributed by atoms with E-state index in [-0.39, 0.29) is 0 Å². The Kier molecular flexibility index (Phi) is 3.32. The minimum Gasteiger partial charge on any atom is -0.144 e. The molecule has 98 valence electrons. The summed E-state index contributed by atoms with van der Waals surface area (Å²) in [5.41, 5.74) is 7.36. The van der Waals surface area contributed by atoms with Gasteiger partial charge in [-0.3, -0.25) is 0 Å². The highest BCUT2D eigenvalue weighted by Gasteiger charge is 2.27. The minimum atomic E-state index is 0.595. The summed E-state index contributed by atoms with van der Waals surface area (Å²) in [6, 6.07) is 8.87. The van der Waals surface area contributed by atoms with Gasteiger partial charge in [0.2, 0.25) is 0 Å². The molecule has 0 nitrogen and oxygen atoms in total. The second-order valence-corrected chi connectivity index (χ2v) is 6.32. The Morgan fingerprint density at radius 3 is 2.63 bits per heavy atom. The smallest absolute Gasteiger partial charge is 0.0340 e. The molecule has 3 rings (SSSR count). The molecule has 1 aliphatic carbocycles. The van der Waals surface area contributed by atoms with Crippen LogP contribution in [0, 0.1) is 13.8 Å². The number of allylic oxidation sites excluding steroid dienone is 1. The standard InChI is InChI=1S/C18H20S/c1-4-7-16-15-9-6-5-8-14(15)10-17(16)18-13(3)12(2)11-19-18/h5-6,8-11,16H,4,7H2,1-3H3. The molecular formula is C18H20S. The van der Waals surface area contributed by atoms with Crippen LogP contribution >= 0.6 is 11.3 Å². The molecule has 2 aromatic rings. The second kappa shape index (κ2) is 4.97. The minimum absolute atomic E-state index is 0.595. The number of hydrogen-bond acceptors (Lipinski definition) is 1. The average Bonchev–Trinajstić information content (AvgIpc) is 2.93. The van der Waals surface area contributed by atoms with Gasteiger partial charge in [-0.05, 0) is 59.6 Å². The number of hydrogen-bond donors (Lipinski definition) is 0. The molecule has 1 aromatic heterocycles. The summed E-state index contributed by atoms with van der Waals surface area (Å²) < 4.78 is 0. The zero-order valence-corrected chi connectivity index (χ0v) is 12.7. The number of fused-ring (bicyclic) bond motifs is 1. The summed E-state index contributed by atoms with van der Waals surface area (Å²) in [7, 11) is 0. The van der Waals surface area contributed by atoms with Gasteiger partial charge in [0.05, 0.1) is 0 Å². The molecule has 1 aromatic carbocycles. The number of benzene rings is 1. The maximum atomic E-state index is 2.41. The van der Waals surface area contributed by atoms with Gasteiger partial charge < -0.3 is 0 Å². The fourth-order valence-corrected chi connectivity index (χ4v) is 4.15.